The molecule has 0 radical (unpaired) electrons. The number of hydrogen-bond donors (Lipinski definition) is 1. The number of allylic oxidation sites excluding steroid dienone is 4. The first-order chi connectivity index (χ1) is 7.70. The van der Waals surface area contributed by atoms with Gasteiger partial charge in [0, 0.05) is 17.2 Å². The van der Waals surface area contributed by atoms with Crippen molar-refractivity contribution in [2.24, 2.45) is 0 Å². The average molecular weight is 215 g/mol. The monoisotopic (exact) mass is 215 g/mol. The van der Waals surface area contributed by atoms with Crippen molar-refractivity contribution < 1.29 is 9.50 Å². The lowest BCUT2D eigenvalue weighted by Gasteiger charge is -2.12. The van der Waals surface area contributed by atoms with Gasteiger partial charge in [-0.3, -0.25) is 0 Å². The Kier molecular flexibility index (Phi) is 2.74. The van der Waals surface area contributed by atoms with Crippen molar-refractivity contribution in [3.05, 3.63) is 47.3 Å². The van der Waals surface area contributed by atoms with Gasteiger partial charge in [-0.2, -0.15) is 5.26 Å². The largest absolute Gasteiger partial charge is 0.508 e. The highest BCUT2D eigenvalue weighted by molar-refractivity contribution is 5.70. The SMILES string of the molecule is N#CC1=CC=C(c2ccc(O)cc2F)CC1. The minimum atomic E-state index is -0.431. The molecule has 0 fully saturated rings. The van der Waals surface area contributed by atoms with E-state index in [4.69, 9.17) is 10.4 Å². The van der Waals surface area contributed by atoms with Crippen molar-refractivity contribution >= 4 is 5.57 Å². The van der Waals surface area contributed by atoms with Crippen LogP contribution in [0.4, 0.5) is 4.39 Å². The Bertz CT molecular complexity index is 523. The lowest BCUT2D eigenvalue weighted by atomic mass is 9.93. The van der Waals surface area contributed by atoms with Crippen molar-refractivity contribution in [2.75, 3.05) is 0 Å². The Labute approximate surface area is 93.0 Å². The predicted octanol–water partition coefficient (Wildman–Crippen LogP) is 3.16. The summed E-state index contributed by atoms with van der Waals surface area (Å²) in [5, 5.41) is 17.8. The molecule has 0 amide bonds. The molecule has 1 aromatic rings. The Morgan fingerprint density at radius 3 is 2.62 bits per heavy atom. The number of benzene rings is 1. The number of halogens is 1. The molecule has 0 aromatic heterocycles. The highest BCUT2D eigenvalue weighted by atomic mass is 19.1. The highest BCUT2D eigenvalue weighted by Crippen LogP contribution is 2.29. The third-order valence-electron chi connectivity index (χ3n) is 2.59. The van der Waals surface area contributed by atoms with Crippen LogP contribution in [0.15, 0.2) is 35.9 Å². The van der Waals surface area contributed by atoms with Crippen molar-refractivity contribution in [1.82, 2.24) is 0 Å². The molecular formula is C13H10FNO. The lowest BCUT2D eigenvalue weighted by Crippen LogP contribution is -1.94. The summed E-state index contributed by atoms with van der Waals surface area (Å²) < 4.78 is 13.5. The van der Waals surface area contributed by atoms with Gasteiger partial charge in [0.1, 0.15) is 11.6 Å². The fourth-order valence-electron chi connectivity index (χ4n) is 1.72. The third-order valence-corrected chi connectivity index (χ3v) is 2.59. The molecule has 0 bridgehead atoms. The van der Waals surface area contributed by atoms with Gasteiger partial charge in [0.05, 0.1) is 6.07 Å². The van der Waals surface area contributed by atoms with Gasteiger partial charge in [0.15, 0.2) is 0 Å². The van der Waals surface area contributed by atoms with Gasteiger partial charge in [0.2, 0.25) is 0 Å². The van der Waals surface area contributed by atoms with Gasteiger partial charge >= 0.3 is 0 Å². The van der Waals surface area contributed by atoms with Crippen molar-refractivity contribution in [2.45, 2.75) is 12.8 Å². The first kappa shape index (κ1) is 10.4. The molecule has 1 N–H and O–H groups in total. The molecule has 0 saturated heterocycles. The average Bonchev–Trinajstić information content (AvgIpc) is 2.29. The summed E-state index contributed by atoms with van der Waals surface area (Å²) in [6, 6.07) is 6.20. The second kappa shape index (κ2) is 4.19. The Morgan fingerprint density at radius 2 is 2.06 bits per heavy atom. The van der Waals surface area contributed by atoms with Gasteiger partial charge in [0.25, 0.3) is 0 Å². The predicted molar refractivity (Wildman–Crippen MR) is 59.0 cm³/mol. The van der Waals surface area contributed by atoms with E-state index in [1.54, 1.807) is 18.2 Å². The molecule has 0 aliphatic heterocycles. The first-order valence-corrected chi connectivity index (χ1v) is 4.99. The van der Waals surface area contributed by atoms with E-state index < -0.39 is 5.82 Å². The summed E-state index contributed by atoms with van der Waals surface area (Å²) in [5.74, 6) is -0.508. The second-order valence-electron chi connectivity index (χ2n) is 3.66. The Morgan fingerprint density at radius 1 is 1.25 bits per heavy atom. The van der Waals surface area contributed by atoms with Gasteiger partial charge in [-0.15, -0.1) is 0 Å². The molecule has 0 unspecified atom stereocenters. The Hall–Kier alpha value is -2.08. The molecule has 2 rings (SSSR count). The van der Waals surface area contributed by atoms with Crippen LogP contribution >= 0.6 is 0 Å². The molecule has 0 heterocycles. The molecule has 3 heteroatoms. The van der Waals surface area contributed by atoms with Gasteiger partial charge in [-0.1, -0.05) is 6.08 Å². The second-order valence-corrected chi connectivity index (χ2v) is 3.66. The molecule has 16 heavy (non-hydrogen) atoms. The zero-order chi connectivity index (χ0) is 11.5. The van der Waals surface area contributed by atoms with Crippen LogP contribution in [0.25, 0.3) is 5.57 Å². The smallest absolute Gasteiger partial charge is 0.134 e. The lowest BCUT2D eigenvalue weighted by molar-refractivity contribution is 0.469. The topological polar surface area (TPSA) is 44.0 Å². The van der Waals surface area contributed by atoms with Crippen LogP contribution < -0.4 is 0 Å². The normalized spacial score (nSPS) is 15.0. The van der Waals surface area contributed by atoms with Crippen LogP contribution in [0.2, 0.25) is 0 Å². The maximum Gasteiger partial charge on any atom is 0.134 e. The summed E-state index contributed by atoms with van der Waals surface area (Å²) in [6.45, 7) is 0. The van der Waals surface area contributed by atoms with Gasteiger partial charge < -0.3 is 5.11 Å². The van der Waals surface area contributed by atoms with Crippen molar-refractivity contribution in [3.8, 4) is 11.8 Å². The maximum absolute atomic E-state index is 13.5. The van der Waals surface area contributed by atoms with Crippen molar-refractivity contribution in [1.29, 1.82) is 5.26 Å². The van der Waals surface area contributed by atoms with Crippen molar-refractivity contribution in [3.63, 3.8) is 0 Å². The highest BCUT2D eigenvalue weighted by Gasteiger charge is 2.12. The minimum absolute atomic E-state index is 0.0779. The molecule has 1 aromatic carbocycles. The molecule has 1 aliphatic carbocycles. The first-order valence-electron chi connectivity index (χ1n) is 4.99. The third kappa shape index (κ3) is 1.96. The van der Waals surface area contributed by atoms with E-state index in [-0.39, 0.29) is 5.75 Å². The van der Waals surface area contributed by atoms with Crippen LogP contribution in [-0.4, -0.2) is 5.11 Å². The molecule has 1 aliphatic rings. The summed E-state index contributed by atoms with van der Waals surface area (Å²) >= 11 is 0. The van der Waals surface area contributed by atoms with E-state index in [0.717, 1.165) is 11.6 Å². The standard InChI is InChI=1S/C13H10FNO/c14-13-7-11(16)5-6-12(13)10-3-1-9(8-15)2-4-10/h1,3,5-7,16H,2,4H2. The van der Waals surface area contributed by atoms with Crippen LogP contribution in [0.5, 0.6) is 5.75 Å². The zero-order valence-electron chi connectivity index (χ0n) is 8.57. The number of aromatic hydroxyl groups is 1. The van der Waals surface area contributed by atoms with Gasteiger partial charge in [-0.25, -0.2) is 4.39 Å². The van der Waals surface area contributed by atoms with E-state index in [0.29, 0.717) is 24.0 Å². The number of rotatable bonds is 1. The van der Waals surface area contributed by atoms with E-state index in [9.17, 15) is 4.39 Å². The number of phenols is 1. The van der Waals surface area contributed by atoms with Crippen LogP contribution in [-0.2, 0) is 0 Å². The zero-order valence-corrected chi connectivity index (χ0v) is 8.57. The summed E-state index contributed by atoms with van der Waals surface area (Å²) in [4.78, 5) is 0. The molecule has 0 saturated carbocycles. The van der Waals surface area contributed by atoms with E-state index in [1.807, 2.05) is 0 Å². The molecule has 80 valence electrons. The molecule has 2 nitrogen and oxygen atoms in total. The Balaban J connectivity index is 2.37. The molecule has 0 spiro atoms. The fourth-order valence-corrected chi connectivity index (χ4v) is 1.72. The summed E-state index contributed by atoms with van der Waals surface area (Å²) in [5.41, 5.74) is 2.06. The quantitative estimate of drug-likeness (QED) is 0.782. The molecular weight excluding hydrogens is 205 g/mol. The minimum Gasteiger partial charge on any atom is -0.508 e. The van der Waals surface area contributed by atoms with Crippen LogP contribution in [0, 0.1) is 17.1 Å². The number of phenolic OH excluding ortho intramolecular Hbond substituents is 1. The number of nitrogens with zero attached hydrogens (tertiary/aromatic N) is 1. The fraction of sp³-hybridized carbons (Fsp3) is 0.154. The molecule has 0 atom stereocenters. The van der Waals surface area contributed by atoms with E-state index >= 15 is 0 Å². The van der Waals surface area contributed by atoms with E-state index in [1.165, 1.54) is 6.07 Å². The number of nitriles is 1. The maximum atomic E-state index is 13.5. The summed E-state index contributed by atoms with van der Waals surface area (Å²) in [6.07, 6.45) is 4.77. The van der Waals surface area contributed by atoms with Gasteiger partial charge in [-0.05, 0) is 36.6 Å². The van der Waals surface area contributed by atoms with E-state index in [2.05, 4.69) is 6.07 Å². The van der Waals surface area contributed by atoms with Crippen LogP contribution in [0.1, 0.15) is 18.4 Å². The van der Waals surface area contributed by atoms with Crippen LogP contribution in [0.3, 0.4) is 0 Å². The summed E-state index contributed by atoms with van der Waals surface area (Å²) in [7, 11) is 0. The number of hydrogen-bond acceptors (Lipinski definition) is 2.